The van der Waals surface area contributed by atoms with E-state index in [1.165, 1.54) is 11.1 Å². The number of benzene rings is 4. The van der Waals surface area contributed by atoms with Gasteiger partial charge in [-0.3, -0.25) is 9.69 Å². The van der Waals surface area contributed by atoms with Gasteiger partial charge >= 0.3 is 5.97 Å². The van der Waals surface area contributed by atoms with Gasteiger partial charge in [-0.25, -0.2) is 4.79 Å². The van der Waals surface area contributed by atoms with E-state index in [1.807, 2.05) is 61.7 Å². The predicted octanol–water partition coefficient (Wildman–Crippen LogP) is 6.84. The lowest BCUT2D eigenvalue weighted by Gasteiger charge is -2.24. The Morgan fingerprint density at radius 1 is 0.805 bits per heavy atom. The number of hydrogen-bond acceptors (Lipinski definition) is 4. The summed E-state index contributed by atoms with van der Waals surface area (Å²) in [5.74, 6) is -0.730. The van der Waals surface area contributed by atoms with Gasteiger partial charge in [0.05, 0.1) is 0 Å². The quantitative estimate of drug-likeness (QED) is 0.175. The van der Waals surface area contributed by atoms with Crippen LogP contribution < -0.4 is 5.32 Å². The van der Waals surface area contributed by atoms with Crippen molar-refractivity contribution in [2.24, 2.45) is 0 Å². The van der Waals surface area contributed by atoms with Crippen LogP contribution in [0.15, 0.2) is 103 Å². The first-order valence-corrected chi connectivity index (χ1v) is 15.4. The Morgan fingerprint density at radius 2 is 1.44 bits per heavy atom. The minimum absolute atomic E-state index is 0.367. The Hall–Kier alpha value is -3.87. The molecular formula is C35H38N2O3S. The summed E-state index contributed by atoms with van der Waals surface area (Å²) in [6.07, 6.45) is 3.23. The normalized spacial score (nSPS) is 11.8. The van der Waals surface area contributed by atoms with Gasteiger partial charge < -0.3 is 10.4 Å². The van der Waals surface area contributed by atoms with Crippen LogP contribution in [-0.2, 0) is 24.3 Å². The molecule has 0 fully saturated rings. The molecule has 4 aromatic carbocycles. The second-order valence-electron chi connectivity index (χ2n) is 10.3. The molecule has 0 saturated carbocycles. The van der Waals surface area contributed by atoms with Crippen molar-refractivity contribution in [1.82, 2.24) is 10.2 Å². The molecule has 0 saturated heterocycles. The minimum atomic E-state index is -1.02. The van der Waals surface area contributed by atoms with E-state index in [0.29, 0.717) is 24.3 Å². The van der Waals surface area contributed by atoms with E-state index in [2.05, 4.69) is 64.8 Å². The maximum atomic E-state index is 13.5. The van der Waals surface area contributed by atoms with Gasteiger partial charge in [-0.05, 0) is 77.3 Å². The zero-order valence-electron chi connectivity index (χ0n) is 23.8. The molecule has 0 aliphatic rings. The highest BCUT2D eigenvalue weighted by atomic mass is 32.2. The van der Waals surface area contributed by atoms with Gasteiger partial charge in [-0.15, -0.1) is 0 Å². The molecule has 0 bridgehead atoms. The highest BCUT2D eigenvalue weighted by Gasteiger charge is 2.23. The second-order valence-corrected chi connectivity index (χ2v) is 11.3. The molecule has 0 aromatic heterocycles. The average molecular weight is 567 g/mol. The first-order valence-electron chi connectivity index (χ1n) is 14.0. The molecule has 1 atom stereocenters. The Morgan fingerprint density at radius 3 is 2.10 bits per heavy atom. The second kappa shape index (κ2) is 15.2. The number of aryl methyl sites for hydroxylation is 1. The summed E-state index contributed by atoms with van der Waals surface area (Å²) in [5.41, 5.74) is 6.97. The largest absolute Gasteiger partial charge is 0.480 e. The molecule has 1 amide bonds. The third-order valence-corrected chi connectivity index (χ3v) is 7.84. The molecule has 0 aliphatic carbocycles. The van der Waals surface area contributed by atoms with Crippen molar-refractivity contribution in [3.8, 4) is 11.1 Å². The number of carbonyl (C=O) groups is 2. The smallest absolute Gasteiger partial charge is 0.326 e. The van der Waals surface area contributed by atoms with E-state index in [4.69, 9.17) is 0 Å². The summed E-state index contributed by atoms with van der Waals surface area (Å²) in [4.78, 5) is 27.7. The molecule has 212 valence electrons. The lowest BCUT2D eigenvalue weighted by atomic mass is 9.93. The summed E-state index contributed by atoms with van der Waals surface area (Å²) < 4.78 is 0. The highest BCUT2D eigenvalue weighted by molar-refractivity contribution is 7.98. The van der Waals surface area contributed by atoms with Gasteiger partial charge in [0.2, 0.25) is 0 Å². The molecule has 0 unspecified atom stereocenters. The van der Waals surface area contributed by atoms with Crippen molar-refractivity contribution in [1.29, 1.82) is 0 Å². The molecule has 0 radical (unpaired) electrons. The van der Waals surface area contributed by atoms with Crippen molar-refractivity contribution in [3.05, 3.63) is 131 Å². The molecule has 0 spiro atoms. The van der Waals surface area contributed by atoms with E-state index >= 15 is 0 Å². The van der Waals surface area contributed by atoms with Crippen LogP contribution in [0.25, 0.3) is 11.1 Å². The van der Waals surface area contributed by atoms with Crippen LogP contribution in [0, 0.1) is 6.92 Å². The van der Waals surface area contributed by atoms with E-state index in [0.717, 1.165) is 41.8 Å². The maximum Gasteiger partial charge on any atom is 0.326 e. The molecule has 0 heterocycles. The predicted molar refractivity (Wildman–Crippen MR) is 169 cm³/mol. The number of hydrogen-bond donors (Lipinski definition) is 2. The topological polar surface area (TPSA) is 69.6 Å². The number of thioether (sulfide) groups is 1. The van der Waals surface area contributed by atoms with Crippen molar-refractivity contribution in [3.63, 3.8) is 0 Å². The molecule has 41 heavy (non-hydrogen) atoms. The lowest BCUT2D eigenvalue weighted by molar-refractivity contribution is -0.139. The summed E-state index contributed by atoms with van der Waals surface area (Å²) in [5, 5.41) is 12.5. The molecule has 5 nitrogen and oxygen atoms in total. The Balaban J connectivity index is 1.64. The van der Waals surface area contributed by atoms with Gasteiger partial charge in [0, 0.05) is 25.2 Å². The number of nitrogens with one attached hydrogen (secondary N) is 1. The summed E-state index contributed by atoms with van der Waals surface area (Å²) in [7, 11) is 0. The van der Waals surface area contributed by atoms with Crippen LogP contribution in [-0.4, -0.2) is 46.5 Å². The van der Waals surface area contributed by atoms with Crippen LogP contribution >= 0.6 is 11.8 Å². The SMILES string of the molecule is CSCC[C@H](NC(=O)c1ccc(CN(CCc2ccccc2)Cc2ccccc2)cc1-c1ccccc1C)C(=O)O. The zero-order valence-corrected chi connectivity index (χ0v) is 24.6. The van der Waals surface area contributed by atoms with Crippen LogP contribution in [0.2, 0.25) is 0 Å². The Bertz CT molecular complexity index is 1430. The number of rotatable bonds is 14. The summed E-state index contributed by atoms with van der Waals surface area (Å²) >= 11 is 1.56. The molecule has 0 aliphatic heterocycles. The summed E-state index contributed by atoms with van der Waals surface area (Å²) in [6.45, 7) is 4.44. The van der Waals surface area contributed by atoms with Gasteiger partial charge in [0.25, 0.3) is 5.91 Å². The average Bonchev–Trinajstić information content (AvgIpc) is 2.99. The Kier molecular flexibility index (Phi) is 11.2. The maximum absolute atomic E-state index is 13.5. The highest BCUT2D eigenvalue weighted by Crippen LogP contribution is 2.29. The van der Waals surface area contributed by atoms with Crippen LogP contribution in [0.4, 0.5) is 0 Å². The van der Waals surface area contributed by atoms with Crippen LogP contribution in [0.1, 0.15) is 39.0 Å². The van der Waals surface area contributed by atoms with Crippen molar-refractivity contribution in [2.75, 3.05) is 18.6 Å². The van der Waals surface area contributed by atoms with E-state index in [9.17, 15) is 14.7 Å². The zero-order chi connectivity index (χ0) is 29.0. The Labute approximate surface area is 247 Å². The van der Waals surface area contributed by atoms with Gasteiger partial charge in [-0.1, -0.05) is 91.0 Å². The van der Waals surface area contributed by atoms with E-state index < -0.39 is 12.0 Å². The third kappa shape index (κ3) is 8.81. The first-order chi connectivity index (χ1) is 19.9. The first kappa shape index (κ1) is 30.1. The van der Waals surface area contributed by atoms with E-state index in [1.54, 1.807) is 11.8 Å². The third-order valence-electron chi connectivity index (χ3n) is 7.19. The lowest BCUT2D eigenvalue weighted by Crippen LogP contribution is -2.41. The van der Waals surface area contributed by atoms with Gasteiger partial charge in [-0.2, -0.15) is 11.8 Å². The van der Waals surface area contributed by atoms with Crippen molar-refractivity contribution >= 4 is 23.6 Å². The number of aliphatic carboxylic acids is 1. The molecule has 4 rings (SSSR count). The number of carbonyl (C=O) groups excluding carboxylic acids is 1. The molecule has 2 N–H and O–H groups in total. The van der Waals surface area contributed by atoms with Gasteiger partial charge in [0.1, 0.15) is 6.04 Å². The fourth-order valence-corrected chi connectivity index (χ4v) is 5.43. The molecule has 4 aromatic rings. The fraction of sp³-hybridized carbons (Fsp3) is 0.257. The number of carboxylic acid groups (broad SMARTS) is 1. The van der Waals surface area contributed by atoms with Gasteiger partial charge in [0.15, 0.2) is 0 Å². The number of carboxylic acids is 1. The fourth-order valence-electron chi connectivity index (χ4n) is 4.96. The van der Waals surface area contributed by atoms with Crippen molar-refractivity contribution < 1.29 is 14.7 Å². The monoisotopic (exact) mass is 566 g/mol. The minimum Gasteiger partial charge on any atom is -0.480 e. The number of amides is 1. The van der Waals surface area contributed by atoms with Crippen LogP contribution in [0.3, 0.4) is 0 Å². The van der Waals surface area contributed by atoms with E-state index in [-0.39, 0.29) is 5.91 Å². The standard InChI is InChI=1S/C35H38N2O3S/c1-26-11-9-10-16-30(26)32-23-29(17-18-31(32)34(38)36-33(35(39)40)20-22-41-2)25-37(24-28-14-7-4-8-15-28)21-19-27-12-5-3-6-13-27/h3-18,23,33H,19-22,24-25H2,1-2H3,(H,36,38)(H,39,40)/t33-/m0/s1. The molecular weight excluding hydrogens is 528 g/mol. The molecule has 6 heteroatoms. The van der Waals surface area contributed by atoms with Crippen molar-refractivity contribution in [2.45, 2.75) is 38.9 Å². The summed E-state index contributed by atoms with van der Waals surface area (Å²) in [6, 6.07) is 34.0. The number of nitrogens with zero attached hydrogens (tertiary/aromatic N) is 1. The van der Waals surface area contributed by atoms with Crippen LogP contribution in [0.5, 0.6) is 0 Å².